The first-order valence-corrected chi connectivity index (χ1v) is 11.6. The van der Waals surface area contributed by atoms with Crippen LogP contribution in [-0.2, 0) is 19.6 Å². The van der Waals surface area contributed by atoms with Gasteiger partial charge in [-0.25, -0.2) is 17.6 Å². The number of esters is 1. The maximum atomic E-state index is 14.7. The van der Waals surface area contributed by atoms with Gasteiger partial charge in [0, 0.05) is 11.8 Å². The largest absolute Gasteiger partial charge is 0.493 e. The summed E-state index contributed by atoms with van der Waals surface area (Å²) in [4.78, 5) is 24.4. The molecule has 35 heavy (non-hydrogen) atoms. The molecular weight excluding hydrogens is 479 g/mol. The van der Waals surface area contributed by atoms with Crippen LogP contribution in [0.15, 0.2) is 71.6 Å². The Balaban J connectivity index is 1.98. The third-order valence-corrected chi connectivity index (χ3v) is 6.67. The summed E-state index contributed by atoms with van der Waals surface area (Å²) in [6.45, 7) is -0.750. The van der Waals surface area contributed by atoms with Crippen LogP contribution in [0.1, 0.15) is 10.4 Å². The maximum Gasteiger partial charge on any atom is 0.337 e. The fourth-order valence-electron chi connectivity index (χ4n) is 3.23. The van der Waals surface area contributed by atoms with Crippen LogP contribution in [0, 0.1) is 5.82 Å². The van der Waals surface area contributed by atoms with Gasteiger partial charge in [0.15, 0.2) is 11.5 Å². The van der Waals surface area contributed by atoms with Crippen LogP contribution in [0.4, 0.5) is 15.8 Å². The van der Waals surface area contributed by atoms with Crippen molar-refractivity contribution in [3.63, 3.8) is 0 Å². The molecule has 0 heterocycles. The number of hydrogen-bond donors (Lipinski definition) is 1. The van der Waals surface area contributed by atoms with Crippen LogP contribution in [-0.4, -0.2) is 48.2 Å². The highest BCUT2D eigenvalue weighted by Gasteiger charge is 2.30. The van der Waals surface area contributed by atoms with Crippen LogP contribution >= 0.6 is 0 Å². The number of nitrogens with one attached hydrogen (secondary N) is 1. The van der Waals surface area contributed by atoms with E-state index >= 15 is 0 Å². The Morgan fingerprint density at radius 1 is 0.914 bits per heavy atom. The summed E-state index contributed by atoms with van der Waals surface area (Å²) in [7, 11) is -0.457. The Kier molecular flexibility index (Phi) is 7.92. The van der Waals surface area contributed by atoms with Crippen molar-refractivity contribution in [1.82, 2.24) is 0 Å². The zero-order chi connectivity index (χ0) is 25.6. The molecule has 0 spiro atoms. The van der Waals surface area contributed by atoms with Crippen molar-refractivity contribution in [3.8, 4) is 11.5 Å². The zero-order valence-corrected chi connectivity index (χ0v) is 20.0. The molecule has 184 valence electrons. The van der Waals surface area contributed by atoms with E-state index in [9.17, 15) is 22.4 Å². The Morgan fingerprint density at radius 2 is 1.63 bits per heavy atom. The molecule has 11 heteroatoms. The Morgan fingerprint density at radius 3 is 2.29 bits per heavy atom. The van der Waals surface area contributed by atoms with Gasteiger partial charge in [-0.05, 0) is 42.5 Å². The molecule has 0 bridgehead atoms. The van der Waals surface area contributed by atoms with E-state index in [4.69, 9.17) is 9.47 Å². The lowest BCUT2D eigenvalue weighted by molar-refractivity contribution is -0.114. The molecule has 1 amide bonds. The van der Waals surface area contributed by atoms with Gasteiger partial charge in [-0.2, -0.15) is 0 Å². The van der Waals surface area contributed by atoms with Crippen LogP contribution in [0.3, 0.4) is 0 Å². The molecular formula is C24H23FN2O7S. The van der Waals surface area contributed by atoms with Crippen molar-refractivity contribution in [2.75, 3.05) is 37.5 Å². The molecule has 0 saturated carbocycles. The van der Waals surface area contributed by atoms with E-state index < -0.39 is 34.3 Å². The fourth-order valence-corrected chi connectivity index (χ4v) is 4.68. The number of sulfonamides is 1. The van der Waals surface area contributed by atoms with Gasteiger partial charge in [0.1, 0.15) is 12.4 Å². The number of carbonyl (C=O) groups is 2. The molecule has 9 nitrogen and oxygen atoms in total. The van der Waals surface area contributed by atoms with Gasteiger partial charge in [-0.1, -0.05) is 18.2 Å². The number of para-hydroxylation sites is 1. The predicted octanol–water partition coefficient (Wildman–Crippen LogP) is 3.46. The lowest BCUT2D eigenvalue weighted by atomic mass is 10.2. The summed E-state index contributed by atoms with van der Waals surface area (Å²) in [6.07, 6.45) is 0. The summed E-state index contributed by atoms with van der Waals surface area (Å²) in [5.74, 6) is -1.76. The molecule has 3 rings (SSSR count). The fraction of sp³-hybridized carbons (Fsp3) is 0.167. The number of amides is 1. The molecule has 3 aromatic rings. The van der Waals surface area contributed by atoms with Gasteiger partial charge in [-0.3, -0.25) is 9.10 Å². The van der Waals surface area contributed by atoms with Gasteiger partial charge in [0.2, 0.25) is 5.91 Å². The molecule has 1 N–H and O–H groups in total. The normalized spacial score (nSPS) is 10.9. The maximum absolute atomic E-state index is 14.7. The molecule has 0 saturated heterocycles. The van der Waals surface area contributed by atoms with Gasteiger partial charge in [0.25, 0.3) is 10.0 Å². The van der Waals surface area contributed by atoms with Crippen molar-refractivity contribution in [1.29, 1.82) is 0 Å². The number of hydrogen-bond acceptors (Lipinski definition) is 7. The van der Waals surface area contributed by atoms with E-state index in [1.165, 1.54) is 82.0 Å². The first-order chi connectivity index (χ1) is 16.7. The number of anilines is 2. The van der Waals surface area contributed by atoms with Crippen LogP contribution in [0.2, 0.25) is 0 Å². The van der Waals surface area contributed by atoms with E-state index in [0.717, 1.165) is 6.07 Å². The van der Waals surface area contributed by atoms with Gasteiger partial charge < -0.3 is 19.5 Å². The molecule has 0 aliphatic carbocycles. The minimum Gasteiger partial charge on any atom is -0.493 e. The number of rotatable bonds is 9. The highest BCUT2D eigenvalue weighted by molar-refractivity contribution is 7.92. The summed E-state index contributed by atoms with van der Waals surface area (Å²) >= 11 is 0. The number of halogens is 1. The van der Waals surface area contributed by atoms with Crippen molar-refractivity contribution < 1.29 is 36.6 Å². The zero-order valence-electron chi connectivity index (χ0n) is 19.1. The minimum absolute atomic E-state index is 0.145. The van der Waals surface area contributed by atoms with Crippen LogP contribution in [0.5, 0.6) is 11.5 Å². The van der Waals surface area contributed by atoms with Gasteiger partial charge in [0.05, 0.1) is 37.5 Å². The van der Waals surface area contributed by atoms with Crippen molar-refractivity contribution in [2.45, 2.75) is 4.90 Å². The molecule has 0 aromatic heterocycles. The van der Waals surface area contributed by atoms with E-state index in [-0.39, 0.29) is 27.6 Å². The summed E-state index contributed by atoms with van der Waals surface area (Å²) in [5, 5.41) is 2.53. The second kappa shape index (κ2) is 10.9. The Bertz CT molecular complexity index is 1350. The molecule has 3 aromatic carbocycles. The number of ether oxygens (including phenoxy) is 3. The highest BCUT2D eigenvalue weighted by atomic mass is 32.2. The average molecular weight is 503 g/mol. The number of methoxy groups -OCH3 is 3. The van der Waals surface area contributed by atoms with Crippen molar-refractivity contribution in [2.24, 2.45) is 0 Å². The molecule has 0 fully saturated rings. The van der Waals surface area contributed by atoms with Gasteiger partial charge in [-0.15, -0.1) is 0 Å². The van der Waals surface area contributed by atoms with Crippen molar-refractivity contribution >= 4 is 33.3 Å². The van der Waals surface area contributed by atoms with Crippen LogP contribution in [0.25, 0.3) is 0 Å². The lowest BCUT2D eigenvalue weighted by Gasteiger charge is -2.25. The first-order valence-electron chi connectivity index (χ1n) is 10.2. The molecule has 0 radical (unpaired) electrons. The van der Waals surface area contributed by atoms with Gasteiger partial charge >= 0.3 is 5.97 Å². The summed E-state index contributed by atoms with van der Waals surface area (Å²) < 4.78 is 57.4. The summed E-state index contributed by atoms with van der Waals surface area (Å²) in [5.41, 5.74) is 0.102. The van der Waals surface area contributed by atoms with E-state index in [1.54, 1.807) is 0 Å². The second-order valence-corrected chi connectivity index (χ2v) is 8.96. The van der Waals surface area contributed by atoms with Crippen LogP contribution < -0.4 is 19.1 Å². The smallest absolute Gasteiger partial charge is 0.337 e. The standard InChI is InChI=1S/C24H23FN2O7S/c1-32-21-12-11-18(14-22(21)33-2)35(30,31)27(20-10-5-4-9-19(20)25)15-23(28)26-17-8-6-7-16(13-17)24(29)34-3/h4-14H,15H2,1-3H3,(H,26,28). The monoisotopic (exact) mass is 502 g/mol. The molecule has 0 atom stereocenters. The van der Waals surface area contributed by atoms with E-state index in [2.05, 4.69) is 10.1 Å². The number of carbonyl (C=O) groups excluding carboxylic acids is 2. The average Bonchev–Trinajstić information content (AvgIpc) is 2.86. The van der Waals surface area contributed by atoms with Crippen molar-refractivity contribution in [3.05, 3.63) is 78.1 Å². The minimum atomic E-state index is -4.42. The Hall–Kier alpha value is -4.12. The summed E-state index contributed by atoms with van der Waals surface area (Å²) in [6, 6.07) is 15.0. The quantitative estimate of drug-likeness (QED) is 0.446. The first kappa shape index (κ1) is 25.5. The third-order valence-electron chi connectivity index (χ3n) is 4.92. The number of nitrogens with zero attached hydrogens (tertiary/aromatic N) is 1. The van der Waals surface area contributed by atoms with E-state index in [1.807, 2.05) is 0 Å². The predicted molar refractivity (Wildman–Crippen MR) is 127 cm³/mol. The topological polar surface area (TPSA) is 111 Å². The molecule has 0 aliphatic heterocycles. The Labute approximate surface area is 202 Å². The highest BCUT2D eigenvalue weighted by Crippen LogP contribution is 2.33. The second-order valence-electron chi connectivity index (χ2n) is 7.10. The molecule has 0 unspecified atom stereocenters. The SMILES string of the molecule is COC(=O)c1cccc(NC(=O)CN(c2ccccc2F)S(=O)(=O)c2ccc(OC)c(OC)c2)c1. The van der Waals surface area contributed by atoms with E-state index in [0.29, 0.717) is 10.1 Å². The number of benzene rings is 3. The molecule has 0 aliphatic rings. The lowest BCUT2D eigenvalue weighted by Crippen LogP contribution is -2.38. The third kappa shape index (κ3) is 5.69.